The highest BCUT2D eigenvalue weighted by Crippen LogP contribution is 2.23. The predicted molar refractivity (Wildman–Crippen MR) is 141 cm³/mol. The van der Waals surface area contributed by atoms with Gasteiger partial charge in [0.15, 0.2) is 0 Å². The number of carbonyl (C=O) groups excluding carboxylic acids is 2. The van der Waals surface area contributed by atoms with Crippen LogP contribution in [0.25, 0.3) is 11.1 Å². The van der Waals surface area contributed by atoms with E-state index in [1.165, 1.54) is 12.5 Å². The topological polar surface area (TPSA) is 122 Å². The molecule has 8 heteroatoms. The Hall–Kier alpha value is -3.94. The van der Waals surface area contributed by atoms with E-state index in [1.54, 1.807) is 6.07 Å². The molecule has 8 nitrogen and oxygen atoms in total. The van der Waals surface area contributed by atoms with Gasteiger partial charge in [0, 0.05) is 19.4 Å². The minimum atomic E-state index is -1.16. The largest absolute Gasteiger partial charge is 0.480 e. The average molecular weight is 506 g/mol. The number of carbonyl (C=O) groups is 3. The number of carboxylic acids is 1. The lowest BCUT2D eigenvalue weighted by molar-refractivity contribution is -0.141. The van der Waals surface area contributed by atoms with Gasteiger partial charge in [0.25, 0.3) is 0 Å². The Bertz CT molecular complexity index is 1200. The number of nitrogens with zero attached hydrogens (tertiary/aromatic N) is 1. The molecular weight excluding hydrogens is 470 g/mol. The quantitative estimate of drug-likeness (QED) is 0.334. The fourth-order valence-electron chi connectivity index (χ4n) is 4.14. The van der Waals surface area contributed by atoms with Crippen LogP contribution in [0.5, 0.6) is 0 Å². The molecule has 2 unspecified atom stereocenters. The number of aryl methyl sites for hydroxylation is 1. The summed E-state index contributed by atoms with van der Waals surface area (Å²) in [6.45, 7) is 7.48. The Morgan fingerprint density at radius 3 is 2.05 bits per heavy atom. The first-order valence-electron chi connectivity index (χ1n) is 12.6. The van der Waals surface area contributed by atoms with Crippen LogP contribution in [0.4, 0.5) is 0 Å². The lowest BCUT2D eigenvalue weighted by Gasteiger charge is -2.18. The van der Waals surface area contributed by atoms with Crippen LogP contribution in [-0.4, -0.2) is 34.1 Å². The molecule has 2 atom stereocenters. The first-order chi connectivity index (χ1) is 17.6. The van der Waals surface area contributed by atoms with Crippen LogP contribution in [0.3, 0.4) is 0 Å². The number of carboxylic acid groups (broad SMARTS) is 1. The second-order valence-electron chi connectivity index (χ2n) is 9.69. The maximum atomic E-state index is 12.9. The molecule has 0 aliphatic rings. The number of benzene rings is 2. The molecule has 3 rings (SSSR count). The third-order valence-electron chi connectivity index (χ3n) is 6.07. The molecule has 0 radical (unpaired) electrons. The van der Waals surface area contributed by atoms with Gasteiger partial charge in [0.2, 0.25) is 11.8 Å². The molecule has 3 aromatic rings. The Morgan fingerprint density at radius 2 is 1.54 bits per heavy atom. The fourth-order valence-corrected chi connectivity index (χ4v) is 4.14. The minimum absolute atomic E-state index is 0.0439. The summed E-state index contributed by atoms with van der Waals surface area (Å²) in [6, 6.07) is 16.6. The van der Waals surface area contributed by atoms with Crippen molar-refractivity contribution < 1.29 is 24.0 Å². The number of amides is 2. The standard InChI is InChI=1S/C29H35N3O5/c1-5-20-6-10-22(11-7-20)23-12-8-21(9-13-23)15-28(34)31-25(14-18(2)3)26-16-24(37-32-26)17-27(29(35)36)30-19(4)33/h6-13,16,18,25,27H,5,14-15,17H2,1-4H3,(H,30,33)(H,31,34)(H,35,36). The monoisotopic (exact) mass is 505 g/mol. The summed E-state index contributed by atoms with van der Waals surface area (Å²) >= 11 is 0. The molecule has 0 aliphatic heterocycles. The summed E-state index contributed by atoms with van der Waals surface area (Å²) in [4.78, 5) is 35.6. The molecule has 196 valence electrons. The summed E-state index contributed by atoms with van der Waals surface area (Å²) in [5, 5.41) is 18.9. The predicted octanol–water partition coefficient (Wildman–Crippen LogP) is 4.48. The summed E-state index contributed by atoms with van der Waals surface area (Å²) < 4.78 is 5.34. The zero-order chi connectivity index (χ0) is 26.9. The van der Waals surface area contributed by atoms with Gasteiger partial charge in [-0.1, -0.05) is 74.5 Å². The van der Waals surface area contributed by atoms with Crippen molar-refractivity contribution in [2.24, 2.45) is 5.92 Å². The van der Waals surface area contributed by atoms with Crippen molar-refractivity contribution in [3.05, 3.63) is 77.2 Å². The van der Waals surface area contributed by atoms with Gasteiger partial charge in [-0.05, 0) is 41.0 Å². The summed E-state index contributed by atoms with van der Waals surface area (Å²) in [6.07, 6.45) is 1.82. The molecule has 0 bridgehead atoms. The lowest BCUT2D eigenvalue weighted by Crippen LogP contribution is -2.41. The van der Waals surface area contributed by atoms with Crippen LogP contribution in [0.15, 0.2) is 59.1 Å². The number of nitrogens with one attached hydrogen (secondary N) is 2. The smallest absolute Gasteiger partial charge is 0.326 e. The van der Waals surface area contributed by atoms with Crippen molar-refractivity contribution in [2.75, 3.05) is 0 Å². The molecular formula is C29H35N3O5. The van der Waals surface area contributed by atoms with Crippen molar-refractivity contribution in [3.8, 4) is 11.1 Å². The van der Waals surface area contributed by atoms with Crippen LogP contribution in [0.1, 0.15) is 62.7 Å². The second-order valence-corrected chi connectivity index (χ2v) is 9.69. The molecule has 0 spiro atoms. The molecule has 37 heavy (non-hydrogen) atoms. The highest BCUT2D eigenvalue weighted by molar-refractivity contribution is 5.82. The number of rotatable bonds is 12. The number of aromatic nitrogens is 1. The first-order valence-corrected chi connectivity index (χ1v) is 12.6. The van der Waals surface area contributed by atoms with E-state index in [2.05, 4.69) is 47.0 Å². The van der Waals surface area contributed by atoms with Crippen LogP contribution in [0.2, 0.25) is 0 Å². The van der Waals surface area contributed by atoms with Crippen molar-refractivity contribution in [3.63, 3.8) is 0 Å². The Morgan fingerprint density at radius 1 is 0.946 bits per heavy atom. The number of hydrogen-bond donors (Lipinski definition) is 3. The molecule has 0 fully saturated rings. The maximum Gasteiger partial charge on any atom is 0.326 e. The molecule has 3 N–H and O–H groups in total. The zero-order valence-electron chi connectivity index (χ0n) is 21.8. The van der Waals surface area contributed by atoms with Gasteiger partial charge >= 0.3 is 5.97 Å². The van der Waals surface area contributed by atoms with Gasteiger partial charge in [-0.2, -0.15) is 0 Å². The molecule has 1 aromatic heterocycles. The highest BCUT2D eigenvalue weighted by Gasteiger charge is 2.24. The molecule has 0 saturated carbocycles. The zero-order valence-corrected chi connectivity index (χ0v) is 21.8. The number of aliphatic carboxylic acids is 1. The van der Waals surface area contributed by atoms with Crippen LogP contribution < -0.4 is 10.6 Å². The van der Waals surface area contributed by atoms with Crippen LogP contribution in [-0.2, 0) is 33.6 Å². The van der Waals surface area contributed by atoms with E-state index in [0.29, 0.717) is 17.9 Å². The first kappa shape index (κ1) is 27.6. The average Bonchev–Trinajstić information content (AvgIpc) is 3.32. The van der Waals surface area contributed by atoms with Gasteiger partial charge in [-0.3, -0.25) is 9.59 Å². The summed E-state index contributed by atoms with van der Waals surface area (Å²) in [5.41, 5.74) is 4.95. The van der Waals surface area contributed by atoms with Crippen molar-refractivity contribution in [1.82, 2.24) is 15.8 Å². The lowest BCUT2D eigenvalue weighted by atomic mass is 9.99. The number of hydrogen-bond acceptors (Lipinski definition) is 5. The van der Waals surface area contributed by atoms with Gasteiger partial charge in [-0.25, -0.2) is 4.79 Å². The molecule has 1 heterocycles. The van der Waals surface area contributed by atoms with E-state index >= 15 is 0 Å². The SMILES string of the molecule is CCc1ccc(-c2ccc(CC(=O)NC(CC(C)C)c3cc(CC(NC(C)=O)C(=O)O)on3)cc2)cc1. The highest BCUT2D eigenvalue weighted by atomic mass is 16.5. The Kier molecular flexibility index (Phi) is 9.60. The Labute approximate surface area is 217 Å². The Balaban J connectivity index is 1.65. The van der Waals surface area contributed by atoms with Gasteiger partial charge in [0.1, 0.15) is 17.5 Å². The second kappa shape index (κ2) is 12.9. The van der Waals surface area contributed by atoms with Crippen LogP contribution >= 0.6 is 0 Å². The summed E-state index contributed by atoms with van der Waals surface area (Å²) in [7, 11) is 0. The van der Waals surface area contributed by atoms with Gasteiger partial charge in [0.05, 0.1) is 12.5 Å². The van der Waals surface area contributed by atoms with E-state index in [0.717, 1.165) is 23.1 Å². The fraction of sp³-hybridized carbons (Fsp3) is 0.379. The van der Waals surface area contributed by atoms with Crippen molar-refractivity contribution in [2.45, 2.75) is 65.5 Å². The third-order valence-corrected chi connectivity index (χ3v) is 6.07. The molecule has 2 aromatic carbocycles. The van der Waals surface area contributed by atoms with E-state index in [1.807, 2.05) is 38.1 Å². The van der Waals surface area contributed by atoms with Crippen molar-refractivity contribution in [1.29, 1.82) is 0 Å². The molecule has 2 amide bonds. The third kappa shape index (κ3) is 8.31. The summed E-state index contributed by atoms with van der Waals surface area (Å²) in [5.74, 6) is -1.16. The van der Waals surface area contributed by atoms with Gasteiger partial charge < -0.3 is 20.3 Å². The van der Waals surface area contributed by atoms with Crippen LogP contribution in [0, 0.1) is 5.92 Å². The maximum absolute atomic E-state index is 12.9. The molecule has 0 aliphatic carbocycles. The van der Waals surface area contributed by atoms with Crippen molar-refractivity contribution >= 4 is 17.8 Å². The van der Waals surface area contributed by atoms with E-state index < -0.39 is 17.9 Å². The normalized spacial score (nSPS) is 12.7. The van der Waals surface area contributed by atoms with E-state index in [9.17, 15) is 19.5 Å². The minimum Gasteiger partial charge on any atom is -0.480 e. The van der Waals surface area contributed by atoms with Gasteiger partial charge in [-0.15, -0.1) is 0 Å². The van der Waals surface area contributed by atoms with E-state index in [-0.39, 0.29) is 30.7 Å². The van der Waals surface area contributed by atoms with E-state index in [4.69, 9.17) is 4.52 Å². The molecule has 0 saturated heterocycles.